The Morgan fingerprint density at radius 2 is 1.50 bits per heavy atom. The normalized spacial score (nSPS) is 12.5. The third kappa shape index (κ3) is 4.87. The van der Waals surface area contributed by atoms with E-state index in [0.717, 1.165) is 29.8 Å². The second-order valence-corrected chi connectivity index (χ2v) is 7.50. The number of alkyl halides is 4. The van der Waals surface area contributed by atoms with Gasteiger partial charge < -0.3 is 4.74 Å². The Morgan fingerprint density at radius 3 is 1.96 bits per heavy atom. The van der Waals surface area contributed by atoms with Crippen molar-refractivity contribution in [3.8, 4) is 5.75 Å². The minimum absolute atomic E-state index is 0.0338. The molecule has 142 valence electrons. The fourth-order valence-corrected chi connectivity index (χ4v) is 3.10. The van der Waals surface area contributed by atoms with Gasteiger partial charge in [0, 0.05) is 5.69 Å². The zero-order valence-corrected chi connectivity index (χ0v) is 14.7. The van der Waals surface area contributed by atoms with Crippen LogP contribution in [0.15, 0.2) is 53.4 Å². The van der Waals surface area contributed by atoms with Crippen LogP contribution in [0.2, 0.25) is 0 Å². The molecule has 0 bridgehead atoms. The lowest BCUT2D eigenvalue weighted by molar-refractivity contribution is -0.253. The van der Waals surface area contributed by atoms with Crippen molar-refractivity contribution >= 4 is 15.7 Å². The molecule has 0 saturated carbocycles. The summed E-state index contributed by atoms with van der Waals surface area (Å²) in [4.78, 5) is 0.0338. The number of halogens is 4. The van der Waals surface area contributed by atoms with Crippen LogP contribution in [0.25, 0.3) is 0 Å². The van der Waals surface area contributed by atoms with E-state index in [2.05, 4.69) is 9.46 Å². The molecule has 0 unspecified atom stereocenters. The quantitative estimate of drug-likeness (QED) is 0.687. The van der Waals surface area contributed by atoms with Gasteiger partial charge in [-0.15, -0.1) is 0 Å². The molecule has 0 aliphatic carbocycles. The number of hydrogen-bond acceptors (Lipinski definition) is 3. The third-order valence-electron chi connectivity index (χ3n) is 3.47. The third-order valence-corrected chi connectivity index (χ3v) is 4.87. The highest BCUT2D eigenvalue weighted by Crippen LogP contribution is 2.28. The van der Waals surface area contributed by atoms with Crippen molar-refractivity contribution in [3.05, 3.63) is 54.1 Å². The maximum Gasteiger partial charge on any atom is 0.461 e. The van der Waals surface area contributed by atoms with Gasteiger partial charge in [0.25, 0.3) is 10.0 Å². The number of rotatable bonds is 7. The Hall–Kier alpha value is -2.29. The number of anilines is 1. The van der Waals surface area contributed by atoms with Crippen LogP contribution in [-0.4, -0.2) is 21.0 Å². The molecule has 2 rings (SSSR count). The summed E-state index contributed by atoms with van der Waals surface area (Å²) in [5.74, 6) is -0.266. The molecule has 0 amide bonds. The largest absolute Gasteiger partial charge is 0.461 e. The van der Waals surface area contributed by atoms with Crippen molar-refractivity contribution in [2.24, 2.45) is 0 Å². The number of hydrogen-bond donors (Lipinski definition) is 1. The molecule has 0 spiro atoms. The maximum absolute atomic E-state index is 12.8. The molecule has 0 saturated heterocycles. The zero-order chi connectivity index (χ0) is 19.5. The molecule has 0 radical (unpaired) electrons. The monoisotopic (exact) mass is 391 g/mol. The minimum atomic E-state index is -4.63. The van der Waals surface area contributed by atoms with E-state index in [0.29, 0.717) is 0 Å². The summed E-state index contributed by atoms with van der Waals surface area (Å²) in [6.07, 6.45) is -8.60. The van der Waals surface area contributed by atoms with Crippen LogP contribution in [0, 0.1) is 0 Å². The predicted octanol–water partition coefficient (Wildman–Crippen LogP) is 4.85. The second-order valence-electron chi connectivity index (χ2n) is 5.82. The Kier molecular flexibility index (Phi) is 5.80. The summed E-state index contributed by atoms with van der Waals surface area (Å²) in [5.41, 5.74) is 1.05. The highest BCUT2D eigenvalue weighted by atomic mass is 32.2. The molecule has 4 nitrogen and oxygen atoms in total. The van der Waals surface area contributed by atoms with E-state index in [-0.39, 0.29) is 16.5 Å². The highest BCUT2D eigenvalue weighted by molar-refractivity contribution is 7.92. The van der Waals surface area contributed by atoms with Crippen molar-refractivity contribution < 1.29 is 30.7 Å². The summed E-state index contributed by atoms with van der Waals surface area (Å²) >= 11 is 0. The standard InChI is InChI=1S/C17H17F4NO3S/c1-11(2)12-3-9-15(10-4-12)26(23,24)22-13-5-7-14(8-6-13)25-17(20,21)16(18)19/h3-11,16,22H,1-2H3. The van der Waals surface area contributed by atoms with E-state index in [1.807, 2.05) is 13.8 Å². The minimum Gasteiger partial charge on any atom is -0.428 e. The molecule has 0 aromatic heterocycles. The van der Waals surface area contributed by atoms with Gasteiger partial charge in [0.1, 0.15) is 5.75 Å². The first-order valence-corrected chi connectivity index (χ1v) is 9.07. The Morgan fingerprint density at radius 1 is 0.962 bits per heavy atom. The molecule has 0 aliphatic heterocycles. The lowest BCUT2D eigenvalue weighted by Crippen LogP contribution is -2.33. The summed E-state index contributed by atoms with van der Waals surface area (Å²) < 4.78 is 80.7. The molecule has 0 aliphatic rings. The van der Waals surface area contributed by atoms with Gasteiger partial charge in [0.15, 0.2) is 0 Å². The van der Waals surface area contributed by atoms with Crippen LogP contribution in [-0.2, 0) is 10.0 Å². The maximum atomic E-state index is 12.8. The Bertz CT molecular complexity index is 835. The van der Waals surface area contributed by atoms with Crippen molar-refractivity contribution in [2.75, 3.05) is 4.72 Å². The number of sulfonamides is 1. The zero-order valence-electron chi connectivity index (χ0n) is 13.9. The van der Waals surface area contributed by atoms with E-state index in [1.54, 1.807) is 12.1 Å². The average Bonchev–Trinajstić information content (AvgIpc) is 2.56. The topological polar surface area (TPSA) is 55.4 Å². The SMILES string of the molecule is CC(C)c1ccc(S(=O)(=O)Nc2ccc(OC(F)(F)C(F)F)cc2)cc1. The highest BCUT2D eigenvalue weighted by Gasteiger charge is 2.43. The molecule has 2 aromatic rings. The molecule has 0 fully saturated rings. The van der Waals surface area contributed by atoms with Crippen LogP contribution >= 0.6 is 0 Å². The predicted molar refractivity (Wildman–Crippen MR) is 89.4 cm³/mol. The van der Waals surface area contributed by atoms with E-state index >= 15 is 0 Å². The molecular formula is C17H17F4NO3S. The molecule has 26 heavy (non-hydrogen) atoms. The van der Waals surface area contributed by atoms with Crippen LogP contribution in [0.1, 0.15) is 25.3 Å². The van der Waals surface area contributed by atoms with Crippen LogP contribution in [0.4, 0.5) is 23.2 Å². The Balaban J connectivity index is 2.12. The molecule has 2 aromatic carbocycles. The van der Waals surface area contributed by atoms with E-state index < -0.39 is 28.3 Å². The number of ether oxygens (including phenoxy) is 1. The van der Waals surface area contributed by atoms with Gasteiger partial charge in [-0.25, -0.2) is 8.42 Å². The lowest BCUT2D eigenvalue weighted by atomic mass is 10.0. The van der Waals surface area contributed by atoms with Crippen LogP contribution < -0.4 is 9.46 Å². The van der Waals surface area contributed by atoms with Gasteiger partial charge >= 0.3 is 12.5 Å². The smallest absolute Gasteiger partial charge is 0.428 e. The fourth-order valence-electron chi connectivity index (χ4n) is 2.04. The van der Waals surface area contributed by atoms with Crippen LogP contribution in [0.3, 0.4) is 0 Å². The first-order valence-electron chi connectivity index (χ1n) is 7.59. The summed E-state index contributed by atoms with van der Waals surface area (Å²) in [7, 11) is -3.88. The molecular weight excluding hydrogens is 374 g/mol. The van der Waals surface area contributed by atoms with Gasteiger partial charge in [0.2, 0.25) is 0 Å². The van der Waals surface area contributed by atoms with Gasteiger partial charge in [-0.2, -0.15) is 17.6 Å². The van der Waals surface area contributed by atoms with Gasteiger partial charge in [-0.1, -0.05) is 26.0 Å². The molecule has 0 atom stereocenters. The fraction of sp³-hybridized carbons (Fsp3) is 0.294. The number of nitrogens with one attached hydrogen (secondary N) is 1. The van der Waals surface area contributed by atoms with Gasteiger partial charge in [-0.3, -0.25) is 4.72 Å². The van der Waals surface area contributed by atoms with Crippen molar-refractivity contribution in [1.29, 1.82) is 0 Å². The Labute approximate surface area is 148 Å². The summed E-state index contributed by atoms with van der Waals surface area (Å²) in [6.45, 7) is 3.95. The lowest BCUT2D eigenvalue weighted by Gasteiger charge is -2.17. The van der Waals surface area contributed by atoms with Crippen molar-refractivity contribution in [1.82, 2.24) is 0 Å². The average molecular weight is 391 g/mol. The summed E-state index contributed by atoms with van der Waals surface area (Å²) in [5, 5.41) is 0. The first-order chi connectivity index (χ1) is 12.0. The molecule has 0 heterocycles. The van der Waals surface area contributed by atoms with Crippen LogP contribution in [0.5, 0.6) is 5.75 Å². The van der Waals surface area contributed by atoms with E-state index in [1.165, 1.54) is 12.1 Å². The van der Waals surface area contributed by atoms with Gasteiger partial charge in [0.05, 0.1) is 4.90 Å². The van der Waals surface area contributed by atoms with E-state index in [4.69, 9.17) is 0 Å². The second kappa shape index (κ2) is 7.53. The molecule has 1 N–H and O–H groups in total. The molecule has 9 heteroatoms. The van der Waals surface area contributed by atoms with E-state index in [9.17, 15) is 26.0 Å². The number of benzene rings is 2. The first kappa shape index (κ1) is 20.0. The van der Waals surface area contributed by atoms with Crippen molar-refractivity contribution in [2.45, 2.75) is 37.2 Å². The summed E-state index contributed by atoms with van der Waals surface area (Å²) in [6, 6.07) is 10.5. The van der Waals surface area contributed by atoms with Gasteiger partial charge in [-0.05, 0) is 47.9 Å². The van der Waals surface area contributed by atoms with Crippen molar-refractivity contribution in [3.63, 3.8) is 0 Å².